The number of benzene rings is 2. The highest BCUT2D eigenvalue weighted by Crippen LogP contribution is 2.19. The Kier molecular flexibility index (Phi) is 3.80. The molecule has 0 aliphatic rings. The number of nitrogens with zero attached hydrogens (tertiary/aromatic N) is 3. The number of nitrogens with one attached hydrogen (secondary N) is 1. The standard InChI is InChI=1S/C20H18N4O2/c1-13-11-18(23(2)22-13)21-19(25)12-24-16-9-5-3-7-14(16)20(26)15-8-4-6-10-17(15)24/h3-11H,12H2,1-2H3,(H,21,25). The van der Waals surface area contributed by atoms with Crippen molar-refractivity contribution in [2.75, 3.05) is 5.32 Å². The second kappa shape index (κ2) is 6.15. The van der Waals surface area contributed by atoms with Crippen molar-refractivity contribution in [1.29, 1.82) is 0 Å². The van der Waals surface area contributed by atoms with Crippen molar-refractivity contribution in [2.45, 2.75) is 13.5 Å². The van der Waals surface area contributed by atoms with E-state index < -0.39 is 0 Å². The van der Waals surface area contributed by atoms with Gasteiger partial charge < -0.3 is 9.88 Å². The molecule has 6 nitrogen and oxygen atoms in total. The fourth-order valence-electron chi connectivity index (χ4n) is 3.30. The van der Waals surface area contributed by atoms with E-state index in [1.165, 1.54) is 0 Å². The Morgan fingerprint density at radius 1 is 1.04 bits per heavy atom. The molecule has 0 spiro atoms. The molecule has 0 saturated carbocycles. The smallest absolute Gasteiger partial charge is 0.245 e. The van der Waals surface area contributed by atoms with E-state index in [0.717, 1.165) is 16.7 Å². The van der Waals surface area contributed by atoms with Crippen LogP contribution in [0.4, 0.5) is 5.82 Å². The van der Waals surface area contributed by atoms with Crippen LogP contribution in [0.5, 0.6) is 0 Å². The van der Waals surface area contributed by atoms with E-state index >= 15 is 0 Å². The van der Waals surface area contributed by atoms with Crippen LogP contribution in [0.2, 0.25) is 0 Å². The molecule has 130 valence electrons. The molecule has 4 aromatic rings. The van der Waals surface area contributed by atoms with E-state index in [9.17, 15) is 9.59 Å². The predicted octanol–water partition coefficient (Wildman–Crippen LogP) is 2.84. The number of amides is 1. The summed E-state index contributed by atoms with van der Waals surface area (Å²) in [5.74, 6) is 0.467. The molecule has 0 atom stereocenters. The van der Waals surface area contributed by atoms with Gasteiger partial charge in [-0.25, -0.2) is 0 Å². The number of fused-ring (bicyclic) bond motifs is 2. The van der Waals surface area contributed by atoms with Gasteiger partial charge in [0.1, 0.15) is 12.4 Å². The first-order valence-electron chi connectivity index (χ1n) is 8.35. The fraction of sp³-hybridized carbons (Fsp3) is 0.150. The number of anilines is 1. The van der Waals surface area contributed by atoms with Gasteiger partial charge in [0.15, 0.2) is 5.43 Å². The molecule has 1 amide bonds. The van der Waals surface area contributed by atoms with Gasteiger partial charge in [0.25, 0.3) is 0 Å². The third-order valence-electron chi connectivity index (χ3n) is 4.45. The van der Waals surface area contributed by atoms with Gasteiger partial charge in [-0.15, -0.1) is 0 Å². The number of hydrogen-bond donors (Lipinski definition) is 1. The third-order valence-corrected chi connectivity index (χ3v) is 4.45. The van der Waals surface area contributed by atoms with Crippen LogP contribution >= 0.6 is 0 Å². The molecule has 1 N–H and O–H groups in total. The van der Waals surface area contributed by atoms with Crippen molar-refractivity contribution in [1.82, 2.24) is 14.3 Å². The Morgan fingerprint density at radius 3 is 2.15 bits per heavy atom. The molecule has 2 heterocycles. The lowest BCUT2D eigenvalue weighted by Crippen LogP contribution is -2.22. The van der Waals surface area contributed by atoms with Crippen LogP contribution in [0.25, 0.3) is 21.8 Å². The first kappa shape index (κ1) is 16.1. The number of aryl methyl sites for hydroxylation is 2. The number of rotatable bonds is 3. The average Bonchev–Trinajstić information content (AvgIpc) is 2.95. The van der Waals surface area contributed by atoms with Crippen LogP contribution in [0.3, 0.4) is 0 Å². The summed E-state index contributed by atoms with van der Waals surface area (Å²) >= 11 is 0. The van der Waals surface area contributed by atoms with Crippen LogP contribution < -0.4 is 10.7 Å². The maximum absolute atomic E-state index is 12.7. The Bertz CT molecular complexity index is 1140. The minimum absolute atomic E-state index is 0.0184. The maximum Gasteiger partial charge on any atom is 0.245 e. The summed E-state index contributed by atoms with van der Waals surface area (Å²) in [6.07, 6.45) is 0. The minimum atomic E-state index is -0.174. The van der Waals surface area contributed by atoms with Gasteiger partial charge in [0.05, 0.1) is 16.7 Å². The molecule has 0 fully saturated rings. The van der Waals surface area contributed by atoms with Crippen LogP contribution in [0.1, 0.15) is 5.69 Å². The van der Waals surface area contributed by atoms with Gasteiger partial charge in [-0.1, -0.05) is 24.3 Å². The van der Waals surface area contributed by atoms with Crippen LogP contribution in [-0.2, 0) is 18.4 Å². The van der Waals surface area contributed by atoms with Crippen molar-refractivity contribution < 1.29 is 4.79 Å². The van der Waals surface area contributed by atoms with Gasteiger partial charge in [-0.3, -0.25) is 14.3 Å². The second-order valence-electron chi connectivity index (χ2n) is 6.29. The van der Waals surface area contributed by atoms with Gasteiger partial charge in [0, 0.05) is 23.9 Å². The molecule has 0 saturated heterocycles. The lowest BCUT2D eigenvalue weighted by Gasteiger charge is -2.15. The SMILES string of the molecule is Cc1cc(NC(=O)Cn2c3ccccc3c(=O)c3ccccc32)n(C)n1. The molecule has 0 bridgehead atoms. The Labute approximate surface area is 149 Å². The molecule has 2 aromatic heterocycles. The van der Waals surface area contributed by atoms with E-state index in [2.05, 4.69) is 10.4 Å². The number of carbonyl (C=O) groups excluding carboxylic acids is 1. The summed E-state index contributed by atoms with van der Waals surface area (Å²) in [6, 6.07) is 16.5. The molecule has 4 rings (SSSR count). The number of pyridine rings is 1. The van der Waals surface area contributed by atoms with Crippen molar-refractivity contribution in [3.8, 4) is 0 Å². The highest BCUT2D eigenvalue weighted by molar-refractivity contribution is 5.96. The molecule has 26 heavy (non-hydrogen) atoms. The number of para-hydroxylation sites is 2. The normalized spacial score (nSPS) is 11.2. The van der Waals surface area contributed by atoms with E-state index in [-0.39, 0.29) is 17.9 Å². The van der Waals surface area contributed by atoms with Crippen LogP contribution in [0, 0.1) is 6.92 Å². The minimum Gasteiger partial charge on any atom is -0.331 e. The molecular formula is C20H18N4O2. The van der Waals surface area contributed by atoms with E-state index in [4.69, 9.17) is 0 Å². The topological polar surface area (TPSA) is 68.9 Å². The van der Waals surface area contributed by atoms with Crippen LogP contribution in [0.15, 0.2) is 59.4 Å². The highest BCUT2D eigenvalue weighted by Gasteiger charge is 2.14. The zero-order valence-corrected chi connectivity index (χ0v) is 14.6. The summed E-state index contributed by atoms with van der Waals surface area (Å²) in [4.78, 5) is 25.4. The predicted molar refractivity (Wildman–Crippen MR) is 102 cm³/mol. The van der Waals surface area contributed by atoms with Gasteiger partial charge in [-0.2, -0.15) is 5.10 Å². The van der Waals surface area contributed by atoms with Gasteiger partial charge in [0.2, 0.25) is 5.91 Å². The molecule has 0 unspecified atom stereocenters. The monoisotopic (exact) mass is 346 g/mol. The first-order valence-corrected chi connectivity index (χ1v) is 8.35. The number of hydrogen-bond acceptors (Lipinski definition) is 3. The molecule has 0 radical (unpaired) electrons. The van der Waals surface area contributed by atoms with E-state index in [0.29, 0.717) is 16.6 Å². The molecule has 6 heteroatoms. The molecular weight excluding hydrogens is 328 g/mol. The number of carbonyl (C=O) groups is 1. The van der Waals surface area contributed by atoms with Crippen molar-refractivity contribution in [3.05, 3.63) is 70.5 Å². The zero-order chi connectivity index (χ0) is 18.3. The Morgan fingerprint density at radius 2 is 1.62 bits per heavy atom. The zero-order valence-electron chi connectivity index (χ0n) is 14.6. The van der Waals surface area contributed by atoms with Crippen molar-refractivity contribution >= 4 is 33.5 Å². The summed E-state index contributed by atoms with van der Waals surface area (Å²) in [5, 5.41) is 8.34. The summed E-state index contributed by atoms with van der Waals surface area (Å²) in [6.45, 7) is 1.98. The molecule has 0 aliphatic carbocycles. The van der Waals surface area contributed by atoms with Crippen molar-refractivity contribution in [3.63, 3.8) is 0 Å². The highest BCUT2D eigenvalue weighted by atomic mass is 16.2. The fourth-order valence-corrected chi connectivity index (χ4v) is 3.30. The average molecular weight is 346 g/mol. The summed E-state index contributed by atoms with van der Waals surface area (Å²) in [7, 11) is 1.78. The summed E-state index contributed by atoms with van der Waals surface area (Å²) < 4.78 is 3.51. The Hall–Kier alpha value is -3.41. The molecule has 2 aromatic carbocycles. The van der Waals surface area contributed by atoms with Crippen molar-refractivity contribution in [2.24, 2.45) is 7.05 Å². The van der Waals surface area contributed by atoms with Gasteiger partial charge >= 0.3 is 0 Å². The van der Waals surface area contributed by atoms with E-state index in [1.807, 2.05) is 54.0 Å². The Balaban J connectivity index is 1.82. The lowest BCUT2D eigenvalue weighted by atomic mass is 10.1. The molecule has 0 aliphatic heterocycles. The second-order valence-corrected chi connectivity index (χ2v) is 6.29. The van der Waals surface area contributed by atoms with Crippen LogP contribution in [-0.4, -0.2) is 20.3 Å². The quantitative estimate of drug-likeness (QED) is 0.580. The lowest BCUT2D eigenvalue weighted by molar-refractivity contribution is -0.116. The van der Waals surface area contributed by atoms with E-state index in [1.54, 1.807) is 23.9 Å². The maximum atomic E-state index is 12.7. The largest absolute Gasteiger partial charge is 0.331 e. The van der Waals surface area contributed by atoms with Gasteiger partial charge in [-0.05, 0) is 31.2 Å². The third kappa shape index (κ3) is 2.65. The number of aromatic nitrogens is 3. The summed E-state index contributed by atoms with van der Waals surface area (Å²) in [5.41, 5.74) is 2.30. The first-order chi connectivity index (χ1) is 12.5.